The Bertz CT molecular complexity index is 850. The number of benzene rings is 1. The Kier molecular flexibility index (Phi) is 5.18. The highest BCUT2D eigenvalue weighted by Gasteiger charge is 2.11. The summed E-state index contributed by atoms with van der Waals surface area (Å²) in [7, 11) is 0. The van der Waals surface area contributed by atoms with Gasteiger partial charge in [-0.3, -0.25) is 0 Å². The molecule has 2 heterocycles. The van der Waals surface area contributed by atoms with Gasteiger partial charge in [0.25, 0.3) is 0 Å². The number of pyridine rings is 1. The Labute approximate surface area is 144 Å². The quantitative estimate of drug-likeness (QED) is 0.686. The molecule has 1 aromatic carbocycles. The summed E-state index contributed by atoms with van der Waals surface area (Å²) >= 11 is 1.33. The van der Waals surface area contributed by atoms with Crippen LogP contribution in [0.25, 0.3) is 5.69 Å². The largest absolute Gasteiger partial charge is 0.230 e. The second-order valence-electron chi connectivity index (χ2n) is 5.22. The number of rotatable bonds is 6. The van der Waals surface area contributed by atoms with E-state index in [2.05, 4.69) is 39.6 Å². The monoisotopic (exact) mass is 336 g/mol. The van der Waals surface area contributed by atoms with E-state index in [1.54, 1.807) is 16.8 Å². The number of nitriles is 1. The molecule has 24 heavy (non-hydrogen) atoms. The summed E-state index contributed by atoms with van der Waals surface area (Å²) < 4.78 is 1.68. The van der Waals surface area contributed by atoms with Crippen LogP contribution in [0.3, 0.4) is 0 Å². The van der Waals surface area contributed by atoms with E-state index in [1.165, 1.54) is 30.2 Å². The van der Waals surface area contributed by atoms with Crippen molar-refractivity contribution in [2.45, 2.75) is 36.4 Å². The molecule has 120 valence electrons. The number of aryl methyl sites for hydroxylation is 1. The molecule has 0 spiro atoms. The lowest BCUT2D eigenvalue weighted by Gasteiger charge is -2.05. The normalized spacial score (nSPS) is 10.5. The summed E-state index contributed by atoms with van der Waals surface area (Å²) in [6.07, 6.45) is 3.45. The number of unbranched alkanes of at least 4 members (excludes halogenated alkanes) is 1. The minimum absolute atomic E-state index is 0.374. The SMILES string of the molecule is CCCCc1ccc(-n2nnnc2Sc2cccc(C#N)n2)cc1. The van der Waals surface area contributed by atoms with Crippen molar-refractivity contribution in [2.75, 3.05) is 0 Å². The smallest absolute Gasteiger partial charge is 0.220 e. The zero-order valence-electron chi connectivity index (χ0n) is 13.3. The van der Waals surface area contributed by atoms with Crippen LogP contribution in [0, 0.1) is 11.3 Å². The van der Waals surface area contributed by atoms with Crippen LogP contribution in [-0.4, -0.2) is 25.2 Å². The maximum Gasteiger partial charge on any atom is 0.220 e. The molecule has 0 saturated heterocycles. The van der Waals surface area contributed by atoms with Gasteiger partial charge in [0.1, 0.15) is 16.8 Å². The van der Waals surface area contributed by atoms with Crippen LogP contribution < -0.4 is 0 Å². The minimum Gasteiger partial charge on any atom is -0.230 e. The molecule has 0 fully saturated rings. The molecule has 0 N–H and O–H groups in total. The number of hydrogen-bond donors (Lipinski definition) is 0. The molecule has 0 aliphatic carbocycles. The van der Waals surface area contributed by atoms with E-state index >= 15 is 0 Å². The van der Waals surface area contributed by atoms with E-state index in [4.69, 9.17) is 5.26 Å². The van der Waals surface area contributed by atoms with Crippen LogP contribution in [-0.2, 0) is 6.42 Å². The lowest BCUT2D eigenvalue weighted by Crippen LogP contribution is -1.99. The van der Waals surface area contributed by atoms with Crippen LogP contribution in [0.4, 0.5) is 0 Å². The molecule has 2 aromatic heterocycles. The standard InChI is InChI=1S/C17H16N6S/c1-2-3-5-13-8-10-15(11-9-13)23-17(20-21-22-23)24-16-7-4-6-14(12-18)19-16/h4,6-11H,2-3,5H2,1H3. The van der Waals surface area contributed by atoms with Gasteiger partial charge in [0.15, 0.2) is 0 Å². The van der Waals surface area contributed by atoms with Gasteiger partial charge in [-0.05, 0) is 64.9 Å². The number of aromatic nitrogens is 5. The van der Waals surface area contributed by atoms with Crippen molar-refractivity contribution >= 4 is 11.8 Å². The van der Waals surface area contributed by atoms with Crippen molar-refractivity contribution in [1.82, 2.24) is 25.2 Å². The molecule has 0 bridgehead atoms. The fourth-order valence-electron chi connectivity index (χ4n) is 2.22. The fraction of sp³-hybridized carbons (Fsp3) is 0.235. The Morgan fingerprint density at radius 1 is 1.17 bits per heavy atom. The van der Waals surface area contributed by atoms with E-state index in [0.717, 1.165) is 12.1 Å². The molecule has 3 aromatic rings. The van der Waals surface area contributed by atoms with Gasteiger partial charge in [0, 0.05) is 0 Å². The average Bonchev–Trinajstić information content (AvgIpc) is 3.08. The number of hydrogen-bond acceptors (Lipinski definition) is 6. The third kappa shape index (κ3) is 3.78. The van der Waals surface area contributed by atoms with Crippen molar-refractivity contribution in [2.24, 2.45) is 0 Å². The molecule has 0 unspecified atom stereocenters. The van der Waals surface area contributed by atoms with Crippen molar-refractivity contribution in [3.05, 3.63) is 53.7 Å². The van der Waals surface area contributed by atoms with Gasteiger partial charge >= 0.3 is 0 Å². The second kappa shape index (κ2) is 7.70. The average molecular weight is 336 g/mol. The molecule has 0 aliphatic rings. The third-order valence-corrected chi connectivity index (χ3v) is 4.35. The summed E-state index contributed by atoms with van der Waals surface area (Å²) in [5.74, 6) is 0. The number of tetrazole rings is 1. The Morgan fingerprint density at radius 2 is 2.00 bits per heavy atom. The maximum absolute atomic E-state index is 8.94. The molecule has 7 heteroatoms. The van der Waals surface area contributed by atoms with Crippen molar-refractivity contribution < 1.29 is 0 Å². The molecular weight excluding hydrogens is 320 g/mol. The molecule has 0 aliphatic heterocycles. The lowest BCUT2D eigenvalue weighted by atomic mass is 10.1. The first-order valence-electron chi connectivity index (χ1n) is 7.73. The summed E-state index contributed by atoms with van der Waals surface area (Å²) in [5.41, 5.74) is 2.59. The third-order valence-electron chi connectivity index (χ3n) is 3.47. The predicted octanol–water partition coefficient (Wildman–Crippen LogP) is 3.42. The van der Waals surface area contributed by atoms with Crippen molar-refractivity contribution in [1.29, 1.82) is 5.26 Å². The molecular formula is C17H16N6S. The zero-order valence-corrected chi connectivity index (χ0v) is 14.1. The summed E-state index contributed by atoms with van der Waals surface area (Å²) in [5, 5.41) is 22.1. The highest BCUT2D eigenvalue weighted by Crippen LogP contribution is 2.25. The first kappa shape index (κ1) is 16.1. The molecule has 0 amide bonds. The van der Waals surface area contributed by atoms with Crippen LogP contribution in [0.2, 0.25) is 0 Å². The van der Waals surface area contributed by atoms with Crippen molar-refractivity contribution in [3.63, 3.8) is 0 Å². The van der Waals surface area contributed by atoms with Crippen LogP contribution in [0.1, 0.15) is 31.0 Å². The molecule has 0 atom stereocenters. The molecule has 6 nitrogen and oxygen atoms in total. The summed E-state index contributed by atoms with van der Waals surface area (Å²) in [4.78, 5) is 4.24. The van der Waals surface area contributed by atoms with E-state index in [0.29, 0.717) is 15.9 Å². The lowest BCUT2D eigenvalue weighted by molar-refractivity contribution is 0.753. The molecule has 0 radical (unpaired) electrons. The number of nitrogens with zero attached hydrogens (tertiary/aromatic N) is 6. The van der Waals surface area contributed by atoms with Gasteiger partial charge < -0.3 is 0 Å². The van der Waals surface area contributed by atoms with E-state index in [9.17, 15) is 0 Å². The van der Waals surface area contributed by atoms with Gasteiger partial charge in [-0.15, -0.1) is 5.10 Å². The van der Waals surface area contributed by atoms with E-state index in [1.807, 2.05) is 24.3 Å². The summed E-state index contributed by atoms with van der Waals surface area (Å²) in [6.45, 7) is 2.19. The van der Waals surface area contributed by atoms with Gasteiger partial charge in [-0.1, -0.05) is 31.5 Å². The first-order chi connectivity index (χ1) is 11.8. The maximum atomic E-state index is 8.94. The Balaban J connectivity index is 1.81. The van der Waals surface area contributed by atoms with Gasteiger partial charge in [0.05, 0.1) is 5.69 Å². The second-order valence-corrected chi connectivity index (χ2v) is 6.21. The highest BCUT2D eigenvalue weighted by molar-refractivity contribution is 7.99. The zero-order chi connectivity index (χ0) is 16.8. The fourth-order valence-corrected chi connectivity index (χ4v) is 3.00. The Morgan fingerprint density at radius 3 is 2.75 bits per heavy atom. The van der Waals surface area contributed by atoms with Crippen LogP contribution in [0.5, 0.6) is 0 Å². The highest BCUT2D eigenvalue weighted by atomic mass is 32.2. The minimum atomic E-state index is 0.374. The predicted molar refractivity (Wildman–Crippen MR) is 90.8 cm³/mol. The van der Waals surface area contributed by atoms with E-state index in [-0.39, 0.29) is 0 Å². The van der Waals surface area contributed by atoms with Gasteiger partial charge in [0.2, 0.25) is 5.16 Å². The molecule has 3 rings (SSSR count). The van der Waals surface area contributed by atoms with E-state index < -0.39 is 0 Å². The van der Waals surface area contributed by atoms with Gasteiger partial charge in [-0.2, -0.15) is 9.94 Å². The summed E-state index contributed by atoms with van der Waals surface area (Å²) in [6, 6.07) is 15.6. The van der Waals surface area contributed by atoms with Crippen molar-refractivity contribution in [3.8, 4) is 11.8 Å². The van der Waals surface area contributed by atoms with Crippen LogP contribution >= 0.6 is 11.8 Å². The molecule has 0 saturated carbocycles. The topological polar surface area (TPSA) is 80.3 Å². The van der Waals surface area contributed by atoms with Gasteiger partial charge in [-0.25, -0.2) is 4.98 Å². The van der Waals surface area contributed by atoms with Crippen LogP contribution in [0.15, 0.2) is 52.6 Å². The first-order valence-corrected chi connectivity index (χ1v) is 8.54. The Hall–Kier alpha value is -2.72.